The number of anilines is 1. The summed E-state index contributed by atoms with van der Waals surface area (Å²) in [4.78, 5) is 4.26. The molecule has 5 heteroatoms. The van der Waals surface area contributed by atoms with Crippen LogP contribution >= 0.6 is 11.3 Å². The highest BCUT2D eigenvalue weighted by Crippen LogP contribution is 2.35. The first-order chi connectivity index (χ1) is 8.74. The lowest BCUT2D eigenvalue weighted by Crippen LogP contribution is -2.01. The minimum atomic E-state index is 0.569. The standard InChI is InChI=1S/C13H18N2O2S/c1-3-5-16-10-7-9-12(18-13(14)15-9)8-11(10)17-6-4-2/h7-8H,3-6H2,1-2H3,(H2,14,15). The van der Waals surface area contributed by atoms with Gasteiger partial charge in [-0.3, -0.25) is 0 Å². The van der Waals surface area contributed by atoms with E-state index in [1.165, 1.54) is 11.3 Å². The molecule has 2 aromatic rings. The third-order valence-corrected chi connectivity index (χ3v) is 3.24. The van der Waals surface area contributed by atoms with Crippen molar-refractivity contribution in [1.82, 2.24) is 4.98 Å². The maximum atomic E-state index is 5.72. The molecule has 1 aromatic heterocycles. The molecule has 0 aliphatic carbocycles. The van der Waals surface area contributed by atoms with Crippen molar-refractivity contribution in [3.8, 4) is 11.5 Å². The van der Waals surface area contributed by atoms with Gasteiger partial charge in [0.15, 0.2) is 16.6 Å². The predicted molar refractivity (Wildman–Crippen MR) is 75.6 cm³/mol. The number of fused-ring (bicyclic) bond motifs is 1. The molecule has 0 amide bonds. The van der Waals surface area contributed by atoms with Gasteiger partial charge in [-0.15, -0.1) is 0 Å². The number of ether oxygens (including phenoxy) is 2. The molecule has 0 bridgehead atoms. The van der Waals surface area contributed by atoms with Gasteiger partial charge < -0.3 is 15.2 Å². The Balaban J connectivity index is 2.35. The molecule has 18 heavy (non-hydrogen) atoms. The van der Waals surface area contributed by atoms with Gasteiger partial charge in [0.25, 0.3) is 0 Å². The molecule has 98 valence electrons. The van der Waals surface area contributed by atoms with Gasteiger partial charge in [-0.1, -0.05) is 25.2 Å². The van der Waals surface area contributed by atoms with Crippen LogP contribution in [-0.4, -0.2) is 18.2 Å². The van der Waals surface area contributed by atoms with Crippen molar-refractivity contribution < 1.29 is 9.47 Å². The molecule has 0 radical (unpaired) electrons. The second-order valence-electron chi connectivity index (χ2n) is 4.02. The predicted octanol–water partition coefficient (Wildman–Crippen LogP) is 3.46. The molecule has 0 saturated carbocycles. The van der Waals surface area contributed by atoms with Crippen LogP contribution in [0.3, 0.4) is 0 Å². The third kappa shape index (κ3) is 2.85. The van der Waals surface area contributed by atoms with Gasteiger partial charge in [0.1, 0.15) is 0 Å². The first kappa shape index (κ1) is 13.0. The lowest BCUT2D eigenvalue weighted by Gasteiger charge is -2.11. The summed E-state index contributed by atoms with van der Waals surface area (Å²) in [7, 11) is 0. The fourth-order valence-electron chi connectivity index (χ4n) is 1.60. The van der Waals surface area contributed by atoms with Gasteiger partial charge in [-0.2, -0.15) is 0 Å². The smallest absolute Gasteiger partial charge is 0.181 e. The van der Waals surface area contributed by atoms with Crippen molar-refractivity contribution in [1.29, 1.82) is 0 Å². The SMILES string of the molecule is CCCOc1cc2nc(N)sc2cc1OCCC. The number of rotatable bonds is 6. The molecule has 0 fully saturated rings. The molecule has 0 atom stereocenters. The summed E-state index contributed by atoms with van der Waals surface area (Å²) in [6.45, 7) is 5.51. The minimum absolute atomic E-state index is 0.569. The molecule has 4 nitrogen and oxygen atoms in total. The fraction of sp³-hybridized carbons (Fsp3) is 0.462. The molecule has 2 N–H and O–H groups in total. The normalized spacial score (nSPS) is 10.8. The quantitative estimate of drug-likeness (QED) is 0.870. The summed E-state index contributed by atoms with van der Waals surface area (Å²) in [5.41, 5.74) is 6.58. The molecule has 0 aliphatic heterocycles. The molecular formula is C13H18N2O2S. The van der Waals surface area contributed by atoms with E-state index in [9.17, 15) is 0 Å². The number of hydrogen-bond donors (Lipinski definition) is 1. The van der Waals surface area contributed by atoms with E-state index in [-0.39, 0.29) is 0 Å². The van der Waals surface area contributed by atoms with Crippen LogP contribution in [-0.2, 0) is 0 Å². The van der Waals surface area contributed by atoms with E-state index in [2.05, 4.69) is 18.8 Å². The Kier molecular flexibility index (Phi) is 4.25. The number of benzene rings is 1. The van der Waals surface area contributed by atoms with E-state index in [4.69, 9.17) is 15.2 Å². The molecule has 0 unspecified atom stereocenters. The summed E-state index contributed by atoms with van der Waals surface area (Å²) in [5.74, 6) is 1.53. The summed E-state index contributed by atoms with van der Waals surface area (Å²) in [6.07, 6.45) is 1.93. The van der Waals surface area contributed by atoms with Gasteiger partial charge in [-0.25, -0.2) is 4.98 Å². The van der Waals surface area contributed by atoms with Crippen LogP contribution in [0.5, 0.6) is 11.5 Å². The molecule has 2 rings (SSSR count). The second kappa shape index (κ2) is 5.91. The Morgan fingerprint density at radius 2 is 1.72 bits per heavy atom. The summed E-state index contributed by atoms with van der Waals surface area (Å²) in [6, 6.07) is 3.87. The molecular weight excluding hydrogens is 248 g/mol. The zero-order chi connectivity index (χ0) is 13.0. The fourth-order valence-corrected chi connectivity index (χ4v) is 2.35. The number of nitrogen functional groups attached to an aromatic ring is 1. The van der Waals surface area contributed by atoms with Crippen molar-refractivity contribution in [3.63, 3.8) is 0 Å². The molecule has 0 aliphatic rings. The van der Waals surface area contributed by atoms with Crippen LogP contribution in [0, 0.1) is 0 Å². The third-order valence-electron chi connectivity index (χ3n) is 2.39. The minimum Gasteiger partial charge on any atom is -0.490 e. The number of hydrogen-bond acceptors (Lipinski definition) is 5. The van der Waals surface area contributed by atoms with Gasteiger partial charge in [0.05, 0.1) is 23.4 Å². The van der Waals surface area contributed by atoms with E-state index < -0.39 is 0 Å². The highest BCUT2D eigenvalue weighted by atomic mass is 32.1. The van der Waals surface area contributed by atoms with Crippen molar-refractivity contribution in [2.75, 3.05) is 18.9 Å². The average molecular weight is 266 g/mol. The Bertz CT molecular complexity index is 480. The van der Waals surface area contributed by atoms with Crippen LogP contribution in [0.4, 0.5) is 5.13 Å². The van der Waals surface area contributed by atoms with Crippen LogP contribution in [0.25, 0.3) is 10.2 Å². The van der Waals surface area contributed by atoms with Crippen molar-refractivity contribution in [2.45, 2.75) is 26.7 Å². The first-order valence-electron chi connectivity index (χ1n) is 6.20. The van der Waals surface area contributed by atoms with Crippen LogP contribution in [0.1, 0.15) is 26.7 Å². The second-order valence-corrected chi connectivity index (χ2v) is 5.08. The van der Waals surface area contributed by atoms with Crippen molar-refractivity contribution in [3.05, 3.63) is 12.1 Å². The first-order valence-corrected chi connectivity index (χ1v) is 7.02. The van der Waals surface area contributed by atoms with Gasteiger partial charge in [0.2, 0.25) is 0 Å². The van der Waals surface area contributed by atoms with Crippen LogP contribution in [0.2, 0.25) is 0 Å². The van der Waals surface area contributed by atoms with Gasteiger partial charge in [-0.05, 0) is 12.8 Å². The number of aromatic nitrogens is 1. The van der Waals surface area contributed by atoms with Crippen molar-refractivity contribution >= 4 is 26.7 Å². The Hall–Kier alpha value is -1.49. The largest absolute Gasteiger partial charge is 0.490 e. The molecule has 0 spiro atoms. The average Bonchev–Trinajstić information content (AvgIpc) is 2.72. The van der Waals surface area contributed by atoms with E-state index in [1.54, 1.807) is 0 Å². The van der Waals surface area contributed by atoms with Gasteiger partial charge >= 0.3 is 0 Å². The number of nitrogens with two attached hydrogens (primary N) is 1. The number of thiazole rings is 1. The molecule has 1 heterocycles. The zero-order valence-corrected chi connectivity index (χ0v) is 11.5. The Labute approximate surface area is 111 Å². The van der Waals surface area contributed by atoms with Crippen LogP contribution < -0.4 is 15.2 Å². The topological polar surface area (TPSA) is 57.4 Å². The van der Waals surface area contributed by atoms with E-state index >= 15 is 0 Å². The highest BCUT2D eigenvalue weighted by molar-refractivity contribution is 7.22. The highest BCUT2D eigenvalue weighted by Gasteiger charge is 2.10. The number of nitrogens with zero attached hydrogens (tertiary/aromatic N) is 1. The maximum Gasteiger partial charge on any atom is 0.181 e. The monoisotopic (exact) mass is 266 g/mol. The Morgan fingerprint density at radius 1 is 1.11 bits per heavy atom. The van der Waals surface area contributed by atoms with Gasteiger partial charge in [0, 0.05) is 12.1 Å². The lowest BCUT2D eigenvalue weighted by molar-refractivity contribution is 0.269. The Morgan fingerprint density at radius 3 is 2.33 bits per heavy atom. The summed E-state index contributed by atoms with van der Waals surface area (Å²) in [5, 5.41) is 0.569. The molecule has 0 saturated heterocycles. The molecule has 1 aromatic carbocycles. The van der Waals surface area contributed by atoms with E-state index in [0.29, 0.717) is 18.3 Å². The van der Waals surface area contributed by atoms with Crippen LogP contribution in [0.15, 0.2) is 12.1 Å². The lowest BCUT2D eigenvalue weighted by atomic mass is 10.3. The van der Waals surface area contributed by atoms with E-state index in [1.807, 2.05) is 12.1 Å². The zero-order valence-electron chi connectivity index (χ0n) is 10.7. The van der Waals surface area contributed by atoms with Crippen molar-refractivity contribution in [2.24, 2.45) is 0 Å². The summed E-state index contributed by atoms with van der Waals surface area (Å²) < 4.78 is 12.4. The van der Waals surface area contributed by atoms with E-state index in [0.717, 1.165) is 34.6 Å². The summed E-state index contributed by atoms with van der Waals surface area (Å²) >= 11 is 1.46. The maximum absolute atomic E-state index is 5.72.